The second-order valence-corrected chi connectivity index (χ2v) is 2.82. The first-order valence-corrected chi connectivity index (χ1v) is 4.99. The van der Waals surface area contributed by atoms with E-state index in [2.05, 4.69) is 31.2 Å². The number of rotatable bonds is 3. The fourth-order valence-electron chi connectivity index (χ4n) is 1.15. The normalized spacial score (nSPS) is 8.92. The Hall–Kier alpha value is -0.820. The van der Waals surface area contributed by atoms with Crippen LogP contribution in [0.5, 0.6) is 0 Å². The molecule has 0 aliphatic carbocycles. The highest BCUT2D eigenvalue weighted by Crippen LogP contribution is 2.05. The Balaban J connectivity index is 0.000000671. The van der Waals surface area contributed by atoms with Crippen molar-refractivity contribution in [3.8, 4) is 0 Å². The van der Waals surface area contributed by atoms with Crippen LogP contribution in [0.4, 0.5) is 0 Å². The Morgan fingerprint density at radius 3 is 2.46 bits per heavy atom. The maximum Gasteiger partial charge on any atom is 0.0434 e. The molecule has 0 aromatic heterocycles. The lowest BCUT2D eigenvalue weighted by Gasteiger charge is -1.99. The molecule has 0 saturated carbocycles. The summed E-state index contributed by atoms with van der Waals surface area (Å²) in [6.45, 7) is 6.37. The third-order valence-corrected chi connectivity index (χ3v) is 1.71. The van der Waals surface area contributed by atoms with Gasteiger partial charge in [-0.1, -0.05) is 43.7 Å². The van der Waals surface area contributed by atoms with Crippen molar-refractivity contribution in [3.05, 3.63) is 35.4 Å². The zero-order valence-corrected chi connectivity index (χ0v) is 8.88. The molecule has 0 heterocycles. The van der Waals surface area contributed by atoms with Gasteiger partial charge in [0.25, 0.3) is 0 Å². The van der Waals surface area contributed by atoms with Gasteiger partial charge in [-0.2, -0.15) is 0 Å². The van der Waals surface area contributed by atoms with Crippen molar-refractivity contribution in [3.63, 3.8) is 0 Å². The molecule has 0 aliphatic rings. The summed E-state index contributed by atoms with van der Waals surface area (Å²) < 4.78 is 0. The molecule has 1 nitrogen and oxygen atoms in total. The summed E-state index contributed by atoms with van der Waals surface area (Å²) in [6, 6.07) is 8.41. The van der Waals surface area contributed by atoms with E-state index in [0.717, 1.165) is 12.8 Å². The van der Waals surface area contributed by atoms with Gasteiger partial charge in [0.1, 0.15) is 0 Å². The quantitative estimate of drug-likeness (QED) is 0.758. The molecule has 0 spiro atoms. The van der Waals surface area contributed by atoms with Crippen LogP contribution < -0.4 is 0 Å². The van der Waals surface area contributed by atoms with E-state index in [1.54, 1.807) is 0 Å². The predicted molar refractivity (Wildman–Crippen MR) is 57.9 cm³/mol. The van der Waals surface area contributed by atoms with E-state index < -0.39 is 0 Å². The molecule has 0 aliphatic heterocycles. The third kappa shape index (κ3) is 5.42. The second-order valence-electron chi connectivity index (χ2n) is 2.82. The van der Waals surface area contributed by atoms with Crippen molar-refractivity contribution in [2.75, 3.05) is 6.61 Å². The third-order valence-electron chi connectivity index (χ3n) is 1.71. The molecule has 0 atom stereocenters. The van der Waals surface area contributed by atoms with Crippen LogP contribution in [0.3, 0.4) is 0 Å². The number of aryl methyl sites for hydroxylation is 2. The molecule has 74 valence electrons. The summed E-state index contributed by atoms with van der Waals surface area (Å²) in [5.41, 5.74) is 2.61. The summed E-state index contributed by atoms with van der Waals surface area (Å²) >= 11 is 0. The number of benzene rings is 1. The summed E-state index contributed by atoms with van der Waals surface area (Å²) in [5, 5.41) is 8.60. The Morgan fingerprint density at radius 1 is 1.23 bits per heavy atom. The highest BCUT2D eigenvalue weighted by Gasteiger charge is 1.91. The Kier molecular flexibility index (Phi) is 7.32. The molecule has 0 unspecified atom stereocenters. The van der Waals surface area contributed by atoms with E-state index >= 15 is 0 Å². The Bertz CT molecular complexity index is 218. The van der Waals surface area contributed by atoms with Gasteiger partial charge in [-0.25, -0.2) is 0 Å². The van der Waals surface area contributed by atoms with Crippen molar-refractivity contribution in [1.82, 2.24) is 0 Å². The van der Waals surface area contributed by atoms with Crippen molar-refractivity contribution in [2.45, 2.75) is 33.6 Å². The molecular formula is C12H20O. The minimum Gasteiger partial charge on any atom is -0.396 e. The maximum atomic E-state index is 8.60. The molecule has 0 fully saturated rings. The van der Waals surface area contributed by atoms with Gasteiger partial charge in [0.2, 0.25) is 0 Å². The van der Waals surface area contributed by atoms with Crippen molar-refractivity contribution in [1.29, 1.82) is 0 Å². The van der Waals surface area contributed by atoms with Gasteiger partial charge in [0.15, 0.2) is 0 Å². The molecule has 0 bridgehead atoms. The average Bonchev–Trinajstić information content (AvgIpc) is 2.18. The highest BCUT2D eigenvalue weighted by atomic mass is 16.2. The lowest BCUT2D eigenvalue weighted by atomic mass is 10.1. The molecule has 1 N–H and O–H groups in total. The minimum atomic E-state index is 0.286. The first kappa shape index (κ1) is 12.2. The van der Waals surface area contributed by atoms with Crippen LogP contribution >= 0.6 is 0 Å². The monoisotopic (exact) mass is 180 g/mol. The molecule has 1 aromatic carbocycles. The summed E-state index contributed by atoms with van der Waals surface area (Å²) in [4.78, 5) is 0. The molecule has 0 radical (unpaired) electrons. The maximum absolute atomic E-state index is 8.60. The molecule has 1 heteroatoms. The summed E-state index contributed by atoms with van der Waals surface area (Å²) in [5.74, 6) is 0. The van der Waals surface area contributed by atoms with Crippen LogP contribution in [0, 0.1) is 6.92 Å². The number of hydrogen-bond donors (Lipinski definition) is 1. The topological polar surface area (TPSA) is 20.2 Å². The zero-order chi connectivity index (χ0) is 10.1. The highest BCUT2D eigenvalue weighted by molar-refractivity contribution is 5.22. The fraction of sp³-hybridized carbons (Fsp3) is 0.500. The van der Waals surface area contributed by atoms with Gasteiger partial charge in [0.05, 0.1) is 0 Å². The Labute approximate surface area is 81.4 Å². The smallest absolute Gasteiger partial charge is 0.0434 e. The average molecular weight is 180 g/mol. The molecule has 0 saturated heterocycles. The van der Waals surface area contributed by atoms with Crippen molar-refractivity contribution in [2.24, 2.45) is 0 Å². The van der Waals surface area contributed by atoms with Gasteiger partial charge in [0, 0.05) is 6.61 Å². The van der Waals surface area contributed by atoms with Crippen LogP contribution in [0.1, 0.15) is 31.4 Å². The number of aliphatic hydroxyl groups excluding tert-OH is 1. The molecule has 1 rings (SSSR count). The van der Waals surface area contributed by atoms with E-state index in [-0.39, 0.29) is 6.61 Å². The van der Waals surface area contributed by atoms with Crippen molar-refractivity contribution >= 4 is 0 Å². The lowest BCUT2D eigenvalue weighted by molar-refractivity contribution is 0.288. The van der Waals surface area contributed by atoms with E-state index in [1.807, 2.05) is 13.8 Å². The van der Waals surface area contributed by atoms with Crippen molar-refractivity contribution < 1.29 is 5.11 Å². The predicted octanol–water partition coefficient (Wildman–Crippen LogP) is 2.95. The van der Waals surface area contributed by atoms with E-state index in [4.69, 9.17) is 5.11 Å². The van der Waals surface area contributed by atoms with Gasteiger partial charge in [-0.3, -0.25) is 0 Å². The van der Waals surface area contributed by atoms with E-state index in [0.29, 0.717) is 0 Å². The number of aliphatic hydroxyl groups is 1. The largest absolute Gasteiger partial charge is 0.396 e. The second kappa shape index (κ2) is 7.81. The van der Waals surface area contributed by atoms with Crippen LogP contribution in [0.25, 0.3) is 0 Å². The minimum absolute atomic E-state index is 0.286. The van der Waals surface area contributed by atoms with Crippen LogP contribution in [-0.4, -0.2) is 11.7 Å². The summed E-state index contributed by atoms with van der Waals surface area (Å²) in [6.07, 6.45) is 1.85. The van der Waals surface area contributed by atoms with Gasteiger partial charge in [-0.05, 0) is 25.3 Å². The SMILES string of the molecule is CC.Cc1cccc(CCCO)c1. The van der Waals surface area contributed by atoms with Gasteiger partial charge < -0.3 is 5.11 Å². The first-order chi connectivity index (χ1) is 6.33. The molecule has 0 amide bonds. The van der Waals surface area contributed by atoms with Gasteiger partial charge >= 0.3 is 0 Å². The molecule has 13 heavy (non-hydrogen) atoms. The molecule has 1 aromatic rings. The fourth-order valence-corrected chi connectivity index (χ4v) is 1.15. The summed E-state index contributed by atoms with van der Waals surface area (Å²) in [7, 11) is 0. The van der Waals surface area contributed by atoms with Crippen LogP contribution in [0.15, 0.2) is 24.3 Å². The van der Waals surface area contributed by atoms with Gasteiger partial charge in [-0.15, -0.1) is 0 Å². The standard InChI is InChI=1S/C10H14O.C2H6/c1-9-4-2-5-10(8-9)6-3-7-11;1-2/h2,4-5,8,11H,3,6-7H2,1H3;1-2H3. The van der Waals surface area contributed by atoms with E-state index in [9.17, 15) is 0 Å². The van der Waals surface area contributed by atoms with Crippen LogP contribution in [0.2, 0.25) is 0 Å². The molecular weight excluding hydrogens is 160 g/mol. The number of hydrogen-bond acceptors (Lipinski definition) is 1. The van der Waals surface area contributed by atoms with E-state index in [1.165, 1.54) is 11.1 Å². The first-order valence-electron chi connectivity index (χ1n) is 4.99. The van der Waals surface area contributed by atoms with Crippen LogP contribution in [-0.2, 0) is 6.42 Å². The Morgan fingerprint density at radius 2 is 1.92 bits per heavy atom. The zero-order valence-electron chi connectivity index (χ0n) is 8.88. The lowest BCUT2D eigenvalue weighted by Crippen LogP contribution is -1.89.